The molecule has 1 aliphatic heterocycles. The number of phenols is 1. The Bertz CT molecular complexity index is 704. The van der Waals surface area contributed by atoms with Gasteiger partial charge in [-0.3, -0.25) is 5.10 Å². The van der Waals surface area contributed by atoms with E-state index in [-0.39, 0.29) is 17.8 Å². The second kappa shape index (κ2) is 7.59. The van der Waals surface area contributed by atoms with Crippen LogP contribution in [0.3, 0.4) is 0 Å². The number of amides is 2. The second-order valence-corrected chi connectivity index (χ2v) is 6.73. The molecule has 1 aromatic heterocycles. The molecule has 134 valence electrons. The van der Waals surface area contributed by atoms with E-state index in [1.54, 1.807) is 12.1 Å². The fourth-order valence-electron chi connectivity index (χ4n) is 3.60. The van der Waals surface area contributed by atoms with Gasteiger partial charge in [-0.25, -0.2) is 4.79 Å². The van der Waals surface area contributed by atoms with Crippen LogP contribution in [-0.2, 0) is 6.54 Å². The molecule has 3 rings (SSSR count). The second-order valence-electron chi connectivity index (χ2n) is 6.73. The maximum absolute atomic E-state index is 12.9. The fraction of sp³-hybridized carbons (Fsp3) is 0.474. The van der Waals surface area contributed by atoms with E-state index >= 15 is 0 Å². The Hall–Kier alpha value is -2.50. The number of likely N-dealkylation sites (tertiary alicyclic amines) is 1. The van der Waals surface area contributed by atoms with E-state index < -0.39 is 0 Å². The number of carbonyl (C=O) groups excluding carboxylic acids is 1. The van der Waals surface area contributed by atoms with E-state index in [9.17, 15) is 9.90 Å². The first-order valence-electron chi connectivity index (χ1n) is 8.90. The van der Waals surface area contributed by atoms with E-state index in [1.165, 1.54) is 0 Å². The predicted molar refractivity (Wildman–Crippen MR) is 96.3 cm³/mol. The smallest absolute Gasteiger partial charge is 0.318 e. The third-order valence-corrected chi connectivity index (χ3v) is 4.91. The van der Waals surface area contributed by atoms with Crippen molar-refractivity contribution in [3.05, 3.63) is 46.8 Å². The molecule has 6 nitrogen and oxygen atoms in total. The molecular formula is C19H26N4O2. The molecule has 0 aliphatic carbocycles. The summed E-state index contributed by atoms with van der Waals surface area (Å²) >= 11 is 0. The number of carbonyl (C=O) groups is 1. The minimum Gasteiger partial charge on any atom is -0.508 e. The average molecular weight is 342 g/mol. The summed E-state index contributed by atoms with van der Waals surface area (Å²) in [6.45, 7) is 5.23. The van der Waals surface area contributed by atoms with Gasteiger partial charge in [-0.1, -0.05) is 25.0 Å². The molecule has 25 heavy (non-hydrogen) atoms. The number of aromatic nitrogens is 2. The van der Waals surface area contributed by atoms with E-state index in [0.717, 1.165) is 54.7 Å². The number of hydrogen-bond donors (Lipinski definition) is 3. The van der Waals surface area contributed by atoms with Crippen LogP contribution in [0, 0.1) is 13.8 Å². The highest BCUT2D eigenvalue weighted by Crippen LogP contribution is 2.33. The first-order valence-corrected chi connectivity index (χ1v) is 8.90. The molecular weight excluding hydrogens is 316 g/mol. The zero-order valence-electron chi connectivity index (χ0n) is 14.9. The highest BCUT2D eigenvalue weighted by Gasteiger charge is 2.29. The summed E-state index contributed by atoms with van der Waals surface area (Å²) in [5.41, 5.74) is 4.14. The van der Waals surface area contributed by atoms with Crippen LogP contribution in [0.4, 0.5) is 4.79 Å². The van der Waals surface area contributed by atoms with Crippen molar-refractivity contribution >= 4 is 6.03 Å². The number of urea groups is 1. The number of phenolic OH excluding ortho intramolecular Hbond substituents is 1. The van der Waals surface area contributed by atoms with Crippen LogP contribution in [0.15, 0.2) is 24.3 Å². The summed E-state index contributed by atoms with van der Waals surface area (Å²) in [5.74, 6) is 0.230. The summed E-state index contributed by atoms with van der Waals surface area (Å²) in [6.07, 6.45) is 4.26. The van der Waals surface area contributed by atoms with Gasteiger partial charge in [0.1, 0.15) is 5.75 Å². The van der Waals surface area contributed by atoms with Crippen LogP contribution in [0.5, 0.6) is 5.75 Å². The molecule has 0 bridgehead atoms. The first-order chi connectivity index (χ1) is 12.1. The van der Waals surface area contributed by atoms with Gasteiger partial charge < -0.3 is 15.3 Å². The lowest BCUT2D eigenvalue weighted by molar-refractivity contribution is 0.175. The van der Waals surface area contributed by atoms with Crippen molar-refractivity contribution in [2.24, 2.45) is 0 Å². The monoisotopic (exact) mass is 342 g/mol. The topological polar surface area (TPSA) is 81.2 Å². The van der Waals surface area contributed by atoms with Gasteiger partial charge in [0.2, 0.25) is 0 Å². The highest BCUT2D eigenvalue weighted by atomic mass is 16.3. The van der Waals surface area contributed by atoms with E-state index in [1.807, 2.05) is 30.9 Å². The number of nitrogens with zero attached hydrogens (tertiary/aromatic N) is 2. The Morgan fingerprint density at radius 3 is 2.72 bits per heavy atom. The number of rotatable bonds is 3. The Balaban J connectivity index is 1.74. The summed E-state index contributed by atoms with van der Waals surface area (Å²) < 4.78 is 0. The molecule has 0 spiro atoms. The van der Waals surface area contributed by atoms with Gasteiger partial charge in [-0.15, -0.1) is 0 Å². The van der Waals surface area contributed by atoms with Gasteiger partial charge >= 0.3 is 6.03 Å². The van der Waals surface area contributed by atoms with Crippen molar-refractivity contribution in [3.63, 3.8) is 0 Å². The number of nitrogens with one attached hydrogen (secondary N) is 2. The Morgan fingerprint density at radius 2 is 2.04 bits per heavy atom. The highest BCUT2D eigenvalue weighted by molar-refractivity contribution is 5.75. The summed E-state index contributed by atoms with van der Waals surface area (Å²) in [4.78, 5) is 14.8. The molecule has 2 heterocycles. The molecule has 1 aliphatic rings. The fourth-order valence-corrected chi connectivity index (χ4v) is 3.60. The van der Waals surface area contributed by atoms with Crippen molar-refractivity contribution in [1.82, 2.24) is 20.4 Å². The minimum absolute atomic E-state index is 0.0417. The normalized spacial score (nSPS) is 18.0. The van der Waals surface area contributed by atoms with Crippen LogP contribution < -0.4 is 5.32 Å². The van der Waals surface area contributed by atoms with E-state index in [2.05, 4.69) is 15.5 Å². The average Bonchev–Trinajstić information content (AvgIpc) is 2.80. The van der Waals surface area contributed by atoms with Crippen LogP contribution in [0.25, 0.3) is 0 Å². The van der Waals surface area contributed by atoms with Gasteiger partial charge in [0.05, 0.1) is 11.7 Å². The van der Waals surface area contributed by atoms with Crippen LogP contribution in [-0.4, -0.2) is 32.8 Å². The van der Waals surface area contributed by atoms with Crippen molar-refractivity contribution < 1.29 is 9.90 Å². The van der Waals surface area contributed by atoms with Gasteiger partial charge in [-0.2, -0.15) is 5.10 Å². The Kier molecular flexibility index (Phi) is 5.26. The van der Waals surface area contributed by atoms with Crippen LogP contribution >= 0.6 is 0 Å². The molecule has 2 amide bonds. The minimum atomic E-state index is -0.0417. The molecule has 3 N–H and O–H groups in total. The first kappa shape index (κ1) is 17.3. The number of H-pyrrole nitrogens is 1. The molecule has 1 aromatic carbocycles. The van der Waals surface area contributed by atoms with Crippen molar-refractivity contribution in [1.29, 1.82) is 0 Å². The maximum Gasteiger partial charge on any atom is 0.318 e. The van der Waals surface area contributed by atoms with Gasteiger partial charge in [0.25, 0.3) is 0 Å². The van der Waals surface area contributed by atoms with Crippen molar-refractivity contribution in [2.45, 2.75) is 52.1 Å². The molecule has 6 heteroatoms. The van der Waals surface area contributed by atoms with Gasteiger partial charge in [0.15, 0.2) is 0 Å². The largest absolute Gasteiger partial charge is 0.508 e. The van der Waals surface area contributed by atoms with E-state index in [0.29, 0.717) is 6.54 Å². The zero-order valence-corrected chi connectivity index (χ0v) is 14.9. The van der Waals surface area contributed by atoms with Crippen molar-refractivity contribution in [3.8, 4) is 5.75 Å². The summed E-state index contributed by atoms with van der Waals surface area (Å²) in [5, 5.41) is 19.7. The summed E-state index contributed by atoms with van der Waals surface area (Å²) in [7, 11) is 0. The molecule has 0 radical (unpaired) electrons. The standard InChI is InChI=1S/C19H26N4O2/c1-13-18(14(2)22-21-13)17-6-4-3-5-11-23(17)19(25)20-12-15-7-9-16(24)10-8-15/h7-10,17,24H,3-6,11-12H2,1-2H3,(H,20,25)(H,21,22). The Labute approximate surface area is 148 Å². The van der Waals surface area contributed by atoms with Crippen LogP contribution in [0.2, 0.25) is 0 Å². The number of benzene rings is 1. The maximum atomic E-state index is 12.9. The SMILES string of the molecule is Cc1n[nH]c(C)c1C1CCCCCN1C(=O)NCc1ccc(O)cc1. The molecule has 1 saturated heterocycles. The lowest BCUT2D eigenvalue weighted by Crippen LogP contribution is -2.42. The van der Waals surface area contributed by atoms with E-state index in [4.69, 9.17) is 0 Å². The Morgan fingerprint density at radius 1 is 1.28 bits per heavy atom. The van der Waals surface area contributed by atoms with Gasteiger partial charge in [0, 0.05) is 24.3 Å². The van der Waals surface area contributed by atoms with Crippen LogP contribution in [0.1, 0.15) is 54.2 Å². The quantitative estimate of drug-likeness (QED) is 0.798. The number of aryl methyl sites for hydroxylation is 2. The molecule has 1 unspecified atom stereocenters. The number of aromatic hydroxyl groups is 1. The summed E-state index contributed by atoms with van der Waals surface area (Å²) in [6, 6.07) is 6.93. The number of aromatic amines is 1. The lowest BCUT2D eigenvalue weighted by Gasteiger charge is -2.30. The van der Waals surface area contributed by atoms with Crippen molar-refractivity contribution in [2.75, 3.05) is 6.54 Å². The third-order valence-electron chi connectivity index (χ3n) is 4.91. The lowest BCUT2D eigenvalue weighted by atomic mass is 9.99. The molecule has 1 atom stereocenters. The van der Waals surface area contributed by atoms with Gasteiger partial charge in [-0.05, 0) is 44.4 Å². The molecule has 0 saturated carbocycles. The third kappa shape index (κ3) is 3.95. The predicted octanol–water partition coefficient (Wildman–Crippen LogP) is 3.56. The molecule has 2 aromatic rings. The number of hydrogen-bond acceptors (Lipinski definition) is 3. The molecule has 1 fully saturated rings. The zero-order chi connectivity index (χ0) is 17.8.